The Morgan fingerprint density at radius 1 is 1.17 bits per heavy atom. The van der Waals surface area contributed by atoms with Crippen LogP contribution in [0.3, 0.4) is 0 Å². The number of methoxy groups -OCH3 is 2. The van der Waals surface area contributed by atoms with Gasteiger partial charge in [0.1, 0.15) is 0 Å². The number of rotatable bonds is 6. The molecule has 1 aromatic carbocycles. The molecule has 1 aromatic rings. The van der Waals surface area contributed by atoms with Crippen molar-refractivity contribution in [3.63, 3.8) is 0 Å². The molecule has 0 aliphatic heterocycles. The van der Waals surface area contributed by atoms with Gasteiger partial charge in [-0.15, -0.1) is 0 Å². The summed E-state index contributed by atoms with van der Waals surface area (Å²) in [5, 5.41) is 12.1. The highest BCUT2D eigenvalue weighted by atomic mass is 16.5. The molecule has 0 unspecified atom stereocenters. The first-order valence-electron chi connectivity index (χ1n) is 8.05. The molecule has 1 aliphatic rings. The van der Waals surface area contributed by atoms with E-state index in [1.54, 1.807) is 26.4 Å². The minimum Gasteiger partial charge on any atom is -0.493 e. The topological polar surface area (TPSA) is 84.9 Å². The summed E-state index contributed by atoms with van der Waals surface area (Å²) in [6.07, 6.45) is 1.80. The molecule has 6 heteroatoms. The fourth-order valence-electron chi connectivity index (χ4n) is 3.06. The van der Waals surface area contributed by atoms with E-state index in [2.05, 4.69) is 5.32 Å². The fraction of sp³-hybridized carbons (Fsp3) is 0.556. The molecule has 0 heterocycles. The highest BCUT2D eigenvalue weighted by molar-refractivity contribution is 5.88. The first kappa shape index (κ1) is 18.1. The lowest BCUT2D eigenvalue weighted by atomic mass is 9.83. The van der Waals surface area contributed by atoms with E-state index in [9.17, 15) is 9.59 Å². The molecular weight excluding hydrogens is 310 g/mol. The minimum absolute atomic E-state index is 0.0852. The van der Waals surface area contributed by atoms with Crippen LogP contribution in [0, 0.1) is 5.92 Å². The Kier molecular flexibility index (Phi) is 5.36. The zero-order valence-electron chi connectivity index (χ0n) is 14.6. The van der Waals surface area contributed by atoms with Gasteiger partial charge < -0.3 is 19.9 Å². The van der Waals surface area contributed by atoms with Crippen molar-refractivity contribution in [1.82, 2.24) is 5.32 Å². The van der Waals surface area contributed by atoms with Gasteiger partial charge in [-0.1, -0.05) is 6.07 Å². The van der Waals surface area contributed by atoms with Gasteiger partial charge in [0.2, 0.25) is 5.91 Å². The molecule has 0 spiro atoms. The maximum absolute atomic E-state index is 12.7. The molecule has 2 rings (SSSR count). The zero-order chi connectivity index (χ0) is 17.9. The third-order valence-electron chi connectivity index (χ3n) is 4.79. The summed E-state index contributed by atoms with van der Waals surface area (Å²) in [6.45, 7) is 3.68. The van der Waals surface area contributed by atoms with E-state index in [1.165, 1.54) is 0 Å². The molecular formula is C18H25NO5. The number of hydrogen-bond donors (Lipinski definition) is 2. The smallest absolute Gasteiger partial charge is 0.306 e. The van der Waals surface area contributed by atoms with Gasteiger partial charge in [0.15, 0.2) is 11.5 Å². The maximum Gasteiger partial charge on any atom is 0.306 e. The highest BCUT2D eigenvalue weighted by Gasteiger charge is 2.35. The van der Waals surface area contributed by atoms with Crippen LogP contribution >= 0.6 is 0 Å². The van der Waals surface area contributed by atoms with Crippen LogP contribution in [0.2, 0.25) is 0 Å². The van der Waals surface area contributed by atoms with Crippen molar-refractivity contribution in [3.05, 3.63) is 23.8 Å². The van der Waals surface area contributed by atoms with Crippen LogP contribution < -0.4 is 14.8 Å². The standard InChI is InChI=1S/C18H25NO5/c1-18(2,12-6-8-14(23-3)15(10-12)24-4)17(22)19-13-7-5-11(9-13)16(20)21/h6,8,10-11,13H,5,7,9H2,1-4H3,(H,19,22)(H,20,21)/t11-,13+/m0/s1. The number of nitrogens with one attached hydrogen (secondary N) is 1. The lowest BCUT2D eigenvalue weighted by Crippen LogP contribution is -2.44. The normalized spacial score (nSPS) is 20.5. The Morgan fingerprint density at radius 3 is 2.38 bits per heavy atom. The molecule has 2 atom stereocenters. The molecule has 24 heavy (non-hydrogen) atoms. The van der Waals surface area contributed by atoms with Crippen molar-refractivity contribution < 1.29 is 24.2 Å². The molecule has 0 radical (unpaired) electrons. The lowest BCUT2D eigenvalue weighted by Gasteiger charge is -2.27. The second kappa shape index (κ2) is 7.11. The van der Waals surface area contributed by atoms with E-state index in [-0.39, 0.29) is 17.9 Å². The van der Waals surface area contributed by atoms with E-state index in [1.807, 2.05) is 19.9 Å². The number of carbonyl (C=O) groups excluding carboxylic acids is 1. The van der Waals surface area contributed by atoms with Gasteiger partial charge in [0.05, 0.1) is 25.6 Å². The molecule has 132 valence electrons. The molecule has 2 N–H and O–H groups in total. The van der Waals surface area contributed by atoms with Crippen LogP contribution in [-0.2, 0) is 15.0 Å². The maximum atomic E-state index is 12.7. The number of carboxylic acids is 1. The van der Waals surface area contributed by atoms with E-state index in [0.717, 1.165) is 5.56 Å². The van der Waals surface area contributed by atoms with Gasteiger partial charge in [-0.3, -0.25) is 9.59 Å². The van der Waals surface area contributed by atoms with E-state index >= 15 is 0 Å². The van der Waals surface area contributed by atoms with Crippen molar-refractivity contribution in [2.75, 3.05) is 14.2 Å². The predicted molar refractivity (Wildman–Crippen MR) is 89.5 cm³/mol. The molecule has 1 aliphatic carbocycles. The van der Waals surface area contributed by atoms with Crippen LogP contribution in [0.1, 0.15) is 38.7 Å². The molecule has 1 fully saturated rings. The Morgan fingerprint density at radius 2 is 1.83 bits per heavy atom. The fourth-order valence-corrected chi connectivity index (χ4v) is 3.06. The quantitative estimate of drug-likeness (QED) is 0.833. The summed E-state index contributed by atoms with van der Waals surface area (Å²) >= 11 is 0. The van der Waals surface area contributed by atoms with Crippen molar-refractivity contribution in [1.29, 1.82) is 0 Å². The van der Waals surface area contributed by atoms with Gasteiger partial charge >= 0.3 is 5.97 Å². The first-order valence-corrected chi connectivity index (χ1v) is 8.05. The largest absolute Gasteiger partial charge is 0.493 e. The SMILES string of the molecule is COc1ccc(C(C)(C)C(=O)N[C@@H]2CC[C@H](C(=O)O)C2)cc1OC. The predicted octanol–water partition coefficient (Wildman–Crippen LogP) is 2.35. The summed E-state index contributed by atoms with van der Waals surface area (Å²) in [5.41, 5.74) is 0.0476. The number of carboxylic acid groups (broad SMARTS) is 1. The van der Waals surface area contributed by atoms with Crippen molar-refractivity contribution in [2.45, 2.75) is 44.6 Å². The minimum atomic E-state index is -0.786. The van der Waals surface area contributed by atoms with Crippen LogP contribution in [0.15, 0.2) is 18.2 Å². The van der Waals surface area contributed by atoms with Gasteiger partial charge in [-0.05, 0) is 50.8 Å². The van der Waals surface area contributed by atoms with Crippen LogP contribution in [0.5, 0.6) is 11.5 Å². The Hall–Kier alpha value is -2.24. The first-order chi connectivity index (χ1) is 11.3. The summed E-state index contributed by atoms with van der Waals surface area (Å²) in [7, 11) is 3.12. The summed E-state index contributed by atoms with van der Waals surface area (Å²) in [5.74, 6) is -0.0867. The van der Waals surface area contributed by atoms with Crippen LogP contribution in [0.4, 0.5) is 0 Å². The Bertz CT molecular complexity index is 626. The molecule has 6 nitrogen and oxygen atoms in total. The Labute approximate surface area is 142 Å². The van der Waals surface area contributed by atoms with E-state index < -0.39 is 11.4 Å². The number of aliphatic carboxylic acids is 1. The summed E-state index contributed by atoms with van der Waals surface area (Å²) < 4.78 is 10.5. The third-order valence-corrected chi connectivity index (χ3v) is 4.79. The van der Waals surface area contributed by atoms with Gasteiger partial charge in [0.25, 0.3) is 0 Å². The second-order valence-corrected chi connectivity index (χ2v) is 6.71. The highest BCUT2D eigenvalue weighted by Crippen LogP contribution is 2.34. The van der Waals surface area contributed by atoms with Gasteiger partial charge in [-0.2, -0.15) is 0 Å². The van der Waals surface area contributed by atoms with Crippen LogP contribution in [0.25, 0.3) is 0 Å². The van der Waals surface area contributed by atoms with Crippen molar-refractivity contribution in [3.8, 4) is 11.5 Å². The molecule has 0 bridgehead atoms. The molecule has 0 aromatic heterocycles. The second-order valence-electron chi connectivity index (χ2n) is 6.71. The summed E-state index contributed by atoms with van der Waals surface area (Å²) in [6, 6.07) is 5.33. The van der Waals surface area contributed by atoms with Gasteiger partial charge in [-0.25, -0.2) is 0 Å². The molecule has 1 amide bonds. The number of amides is 1. The third kappa shape index (κ3) is 3.63. The van der Waals surface area contributed by atoms with E-state index in [4.69, 9.17) is 14.6 Å². The van der Waals surface area contributed by atoms with E-state index in [0.29, 0.717) is 30.8 Å². The molecule has 0 saturated heterocycles. The Balaban J connectivity index is 2.12. The van der Waals surface area contributed by atoms with Crippen molar-refractivity contribution >= 4 is 11.9 Å². The monoisotopic (exact) mass is 335 g/mol. The average Bonchev–Trinajstić information content (AvgIpc) is 3.02. The lowest BCUT2D eigenvalue weighted by molar-refractivity contribution is -0.141. The number of hydrogen-bond acceptors (Lipinski definition) is 4. The number of carbonyl (C=O) groups is 2. The number of benzene rings is 1. The zero-order valence-corrected chi connectivity index (χ0v) is 14.6. The van der Waals surface area contributed by atoms with Crippen LogP contribution in [-0.4, -0.2) is 37.2 Å². The summed E-state index contributed by atoms with van der Waals surface area (Å²) in [4.78, 5) is 23.8. The van der Waals surface area contributed by atoms with Crippen molar-refractivity contribution in [2.24, 2.45) is 5.92 Å². The number of ether oxygens (including phenoxy) is 2. The molecule has 1 saturated carbocycles. The average molecular weight is 335 g/mol. The van der Waals surface area contributed by atoms with Gasteiger partial charge in [0, 0.05) is 6.04 Å².